The number of methoxy groups -OCH3 is 5. The zero-order chi connectivity index (χ0) is 87.5. The van der Waals surface area contributed by atoms with Gasteiger partial charge in [0.2, 0.25) is 17.6 Å². The molecule has 0 radical (unpaired) electrons. The molecule has 0 aliphatic rings. The van der Waals surface area contributed by atoms with Gasteiger partial charge < -0.3 is 44.6 Å². The number of fused-ring (bicyclic) bond motifs is 12. The first-order valence-electron chi connectivity index (χ1n) is 37.4. The Morgan fingerprint density at radius 2 is 0.855 bits per heavy atom. The molecule has 8 aromatic heterocycles. The number of hydrogen-bond donors (Lipinski definition) is 4. The maximum absolute atomic E-state index is 14.6. The Hall–Kier alpha value is -16.9. The molecule has 18 rings (SSSR count). The number of aromatic nitrogens is 12. The Kier molecular flexibility index (Phi) is 22.9. The van der Waals surface area contributed by atoms with E-state index in [9.17, 15) is 27.6 Å². The van der Waals surface area contributed by atoms with Crippen LogP contribution in [-0.2, 0) is 30.7 Å². The van der Waals surface area contributed by atoms with Crippen LogP contribution < -0.4 is 50.1 Å². The molecule has 0 saturated carbocycles. The second-order valence-electron chi connectivity index (χ2n) is 27.8. The van der Waals surface area contributed by atoms with Crippen LogP contribution in [0.1, 0.15) is 45.6 Å². The lowest BCUT2D eigenvalue weighted by molar-refractivity contribution is -0.125. The predicted octanol–water partition coefficient (Wildman–Crippen LogP) is 16.2. The predicted molar refractivity (Wildman–Crippen MR) is 459 cm³/mol. The summed E-state index contributed by atoms with van der Waals surface area (Å²) in [6, 6.07) is 56.4. The van der Waals surface area contributed by atoms with Gasteiger partial charge in [-0.3, -0.25) is 58.6 Å². The van der Waals surface area contributed by atoms with Crippen molar-refractivity contribution in [3.8, 4) is 110 Å². The molecule has 2 atom stereocenters. The maximum Gasteiger partial charge on any atom is 0.263 e. The topological polar surface area (TPSA) is 400 Å². The van der Waals surface area contributed by atoms with Gasteiger partial charge in [0, 0.05) is 122 Å². The molecule has 1 unspecified atom stereocenters. The average molecular weight is 1680 g/mol. The first kappa shape index (κ1) is 82.2. The standard InChI is InChI=1S/2C27H20FN5O3.C19H13ClN4O2.C19H13FN4O2/c2*1-33-21-14-31-20-12-22(35-2)23(36-26(27(30)34)17-7-9-18(28)10-8-17)11-19(20)24(21)25(32-33)16-5-3-15(13-29)4-6-16;1-25-16-6-12-14(7-17(16)26-2)22-9-15-18(12)19(24-23-15)10-3-4-11(8-21)13(20)5-10;1-24-15-9-22-14-7-17(26-2)16(25)6-12(14)18(15)19(23-24)11-4-3-10(8-21)5-13(11)20/h2*3-12,14,26H,1-2H3,(H2,30,34);3-7,9H,1-2H3,(H,23,24);3-7,9,23H,1-2H3/t26-;;;/m1.../s1. The van der Waals surface area contributed by atoms with E-state index in [-0.39, 0.29) is 28.2 Å². The Balaban J connectivity index is 0.000000129. The summed E-state index contributed by atoms with van der Waals surface area (Å²) in [5.41, 5.74) is 24.6. The number of aryl methyl sites for hydroxylation is 3. The van der Waals surface area contributed by atoms with Crippen molar-refractivity contribution >= 4 is 111 Å². The van der Waals surface area contributed by atoms with E-state index < -0.39 is 41.5 Å². The summed E-state index contributed by atoms with van der Waals surface area (Å²) in [7, 11) is 13.0. The fourth-order valence-electron chi connectivity index (χ4n) is 14.4. The van der Waals surface area contributed by atoms with Gasteiger partial charge >= 0.3 is 0 Å². The summed E-state index contributed by atoms with van der Waals surface area (Å²) >= 11 is 6.19. The highest BCUT2D eigenvalue weighted by Gasteiger charge is 2.28. The lowest BCUT2D eigenvalue weighted by Gasteiger charge is -2.19. The van der Waals surface area contributed by atoms with Crippen molar-refractivity contribution in [2.24, 2.45) is 32.6 Å². The van der Waals surface area contributed by atoms with Gasteiger partial charge in [0.25, 0.3) is 11.8 Å². The van der Waals surface area contributed by atoms with Crippen LogP contribution in [0.25, 0.3) is 132 Å². The number of H-pyrrole nitrogens is 2. The van der Waals surface area contributed by atoms with Gasteiger partial charge in [-0.05, 0) is 103 Å². The molecule has 6 N–H and O–H groups in total. The van der Waals surface area contributed by atoms with Gasteiger partial charge in [-0.25, -0.2) is 13.2 Å². The SMILES string of the molecule is COc1cc2ncc3[nH]nc(-c4ccc(C#N)c(Cl)c4)c3c2cc1OC.COc1cc2ncc3c(c(-c4ccc(C#N)cc4)nn3C)c2cc1OC(C(N)=O)c1ccc(F)cc1.COc1cc2ncc3c(c(-c4ccc(C#N)cc4)nn3C)c2cc1O[C@@H](C(N)=O)c1ccc(F)cc1.COc1cc2ncc3c(c(-c4ccc(C#N)cc4F)[nH]n3C)c2cc1=O. The molecular formula is C92H66ClF3N18O10. The maximum atomic E-state index is 14.6. The summed E-state index contributed by atoms with van der Waals surface area (Å²) in [4.78, 5) is 54.8. The molecule has 32 heteroatoms. The van der Waals surface area contributed by atoms with Gasteiger partial charge in [-0.1, -0.05) is 66.2 Å². The van der Waals surface area contributed by atoms with Gasteiger partial charge in [0.05, 0.1) is 156 Å². The van der Waals surface area contributed by atoms with Crippen LogP contribution in [0.5, 0.6) is 40.2 Å². The molecule has 0 spiro atoms. The number of aromatic amines is 2. The van der Waals surface area contributed by atoms with Crippen LogP contribution in [0.15, 0.2) is 212 Å². The van der Waals surface area contributed by atoms with E-state index in [1.54, 1.807) is 139 Å². The van der Waals surface area contributed by atoms with Crippen molar-refractivity contribution in [1.82, 2.24) is 59.5 Å². The largest absolute Gasteiger partial charge is 0.493 e. The minimum Gasteiger partial charge on any atom is -0.493 e. The van der Waals surface area contributed by atoms with Crippen LogP contribution in [0.2, 0.25) is 5.02 Å². The van der Waals surface area contributed by atoms with Crippen LogP contribution >= 0.6 is 11.6 Å². The third-order valence-electron chi connectivity index (χ3n) is 20.5. The van der Waals surface area contributed by atoms with Gasteiger partial charge in [0.1, 0.15) is 40.6 Å². The average Bonchev–Trinajstić information content (AvgIpc) is 1.58. The number of halogens is 4. The number of nitrogens with zero attached hydrogens (tertiary/aromatic N) is 14. The Bertz CT molecular complexity index is 7310. The normalized spacial score (nSPS) is 11.5. The molecule has 10 aromatic carbocycles. The first-order valence-corrected chi connectivity index (χ1v) is 37.8. The fraction of sp³-hybridized carbons (Fsp3) is 0.109. The molecule has 0 bridgehead atoms. The Morgan fingerprint density at radius 3 is 1.30 bits per heavy atom. The highest BCUT2D eigenvalue weighted by atomic mass is 35.5. The number of benzene rings is 10. The highest BCUT2D eigenvalue weighted by Crippen LogP contribution is 2.45. The number of amides is 2. The van der Waals surface area contributed by atoms with Gasteiger partial charge in [-0.2, -0.15) is 36.3 Å². The molecule has 2 amide bonds. The number of primary amides is 2. The summed E-state index contributed by atoms with van der Waals surface area (Å²) in [6.45, 7) is 0. The van der Waals surface area contributed by atoms with Crippen molar-refractivity contribution in [3.63, 3.8) is 0 Å². The highest BCUT2D eigenvalue weighted by molar-refractivity contribution is 6.32. The number of nitrogens with two attached hydrogens (primary N) is 2. The van der Waals surface area contributed by atoms with Crippen LogP contribution in [-0.4, -0.2) is 107 Å². The van der Waals surface area contributed by atoms with E-state index in [4.69, 9.17) is 87.5 Å². The summed E-state index contributed by atoms with van der Waals surface area (Å²) in [5, 5.41) is 62.8. The van der Waals surface area contributed by atoms with E-state index in [1.165, 1.54) is 82.0 Å². The van der Waals surface area contributed by atoms with Crippen molar-refractivity contribution in [3.05, 3.63) is 273 Å². The molecule has 18 aromatic rings. The number of pyridine rings is 4. The molecule has 124 heavy (non-hydrogen) atoms. The van der Waals surface area contributed by atoms with E-state index in [0.29, 0.717) is 106 Å². The van der Waals surface area contributed by atoms with Crippen molar-refractivity contribution in [1.29, 1.82) is 21.0 Å². The second kappa shape index (κ2) is 34.6. The van der Waals surface area contributed by atoms with Crippen molar-refractivity contribution in [2.75, 3.05) is 35.5 Å². The lowest BCUT2D eigenvalue weighted by atomic mass is 10.0. The molecule has 8 heterocycles. The molecule has 0 fully saturated rings. The smallest absolute Gasteiger partial charge is 0.263 e. The van der Waals surface area contributed by atoms with Crippen LogP contribution in [0, 0.1) is 62.8 Å². The molecule has 0 aliphatic carbocycles. The zero-order valence-electron chi connectivity index (χ0n) is 66.8. The van der Waals surface area contributed by atoms with Gasteiger partial charge in [-0.15, -0.1) is 0 Å². The minimum atomic E-state index is -1.17. The third kappa shape index (κ3) is 15.8. The number of ether oxygens (including phenoxy) is 7. The van der Waals surface area contributed by atoms with Crippen molar-refractivity contribution in [2.45, 2.75) is 12.2 Å². The molecule has 0 saturated heterocycles. The molecule has 0 aliphatic heterocycles. The van der Waals surface area contributed by atoms with E-state index in [1.807, 2.05) is 62.6 Å². The quantitative estimate of drug-likeness (QED) is 0.0658. The van der Waals surface area contributed by atoms with Crippen LogP contribution in [0.4, 0.5) is 13.2 Å². The molecular weight excluding hydrogens is 1610 g/mol. The molecule has 612 valence electrons. The fourth-order valence-corrected chi connectivity index (χ4v) is 14.6. The van der Waals surface area contributed by atoms with Gasteiger partial charge in [0.15, 0.2) is 40.2 Å². The lowest BCUT2D eigenvalue weighted by Crippen LogP contribution is -2.26. The zero-order valence-corrected chi connectivity index (χ0v) is 67.6. The van der Waals surface area contributed by atoms with Crippen LogP contribution in [0.3, 0.4) is 0 Å². The van der Waals surface area contributed by atoms with E-state index in [0.717, 1.165) is 82.3 Å². The second-order valence-corrected chi connectivity index (χ2v) is 28.3. The summed E-state index contributed by atoms with van der Waals surface area (Å²) in [6.07, 6.45) is 4.49. The number of hydrogen-bond acceptors (Lipinski definition) is 21. The number of nitriles is 4. The molecule has 28 nitrogen and oxygen atoms in total. The van der Waals surface area contributed by atoms with Crippen molar-refractivity contribution < 1.29 is 55.9 Å². The monoisotopic (exact) mass is 1670 g/mol. The number of nitrogens with one attached hydrogen (secondary N) is 2. The first-order chi connectivity index (χ1) is 60.0. The minimum absolute atomic E-state index is 0.204. The van der Waals surface area contributed by atoms with E-state index >= 15 is 0 Å². The number of rotatable bonds is 17. The number of carbonyl (C=O) groups excluding carboxylic acids is 2. The number of carbonyl (C=O) groups is 2. The van der Waals surface area contributed by atoms with E-state index in [2.05, 4.69) is 53.4 Å². The Morgan fingerprint density at radius 1 is 0.444 bits per heavy atom. The Labute approximate surface area is 706 Å². The summed E-state index contributed by atoms with van der Waals surface area (Å²) in [5.74, 6) is -0.209. The summed E-state index contributed by atoms with van der Waals surface area (Å²) < 4.78 is 85.6. The third-order valence-corrected chi connectivity index (χ3v) is 20.8.